The van der Waals surface area contributed by atoms with Crippen molar-refractivity contribution in [3.63, 3.8) is 0 Å². The molecule has 112 valence electrons. The van der Waals surface area contributed by atoms with E-state index in [0.29, 0.717) is 13.2 Å². The summed E-state index contributed by atoms with van der Waals surface area (Å²) in [5.74, 6) is 1.01. The average Bonchev–Trinajstić information content (AvgIpc) is 2.43. The number of aryl methyl sites for hydroxylation is 1. The van der Waals surface area contributed by atoms with Crippen molar-refractivity contribution in [2.75, 3.05) is 13.2 Å². The van der Waals surface area contributed by atoms with Crippen LogP contribution in [0.15, 0.2) is 42.5 Å². The van der Waals surface area contributed by atoms with Crippen molar-refractivity contribution in [1.29, 1.82) is 0 Å². The van der Waals surface area contributed by atoms with Crippen molar-refractivity contribution in [2.45, 2.75) is 19.9 Å². The molecule has 0 saturated carbocycles. The molecule has 0 aliphatic carbocycles. The molecule has 0 bridgehead atoms. The van der Waals surface area contributed by atoms with Gasteiger partial charge in [0.1, 0.15) is 23.9 Å². The van der Waals surface area contributed by atoms with E-state index in [2.05, 4.69) is 5.32 Å². The lowest BCUT2D eigenvalue weighted by Gasteiger charge is -2.16. The molecule has 0 aromatic heterocycles. The Balaban J connectivity index is 1.80. The molecule has 2 aromatic carbocycles. The zero-order valence-electron chi connectivity index (χ0n) is 12.3. The molecule has 21 heavy (non-hydrogen) atoms. The molecule has 1 unspecified atom stereocenters. The van der Waals surface area contributed by atoms with E-state index < -0.39 is 0 Å². The van der Waals surface area contributed by atoms with E-state index in [1.807, 2.05) is 38.1 Å². The van der Waals surface area contributed by atoms with E-state index in [4.69, 9.17) is 4.74 Å². The Morgan fingerprint density at radius 2 is 1.95 bits per heavy atom. The molecule has 2 aromatic rings. The zero-order valence-corrected chi connectivity index (χ0v) is 12.3. The highest BCUT2D eigenvalue weighted by atomic mass is 16.5. The normalized spacial score (nSPS) is 12.1. The van der Waals surface area contributed by atoms with Crippen molar-refractivity contribution < 1.29 is 14.9 Å². The summed E-state index contributed by atoms with van der Waals surface area (Å²) in [7, 11) is 0. The summed E-state index contributed by atoms with van der Waals surface area (Å²) in [4.78, 5) is 0. The fourth-order valence-corrected chi connectivity index (χ4v) is 2.16. The monoisotopic (exact) mass is 287 g/mol. The van der Waals surface area contributed by atoms with Crippen LogP contribution in [0.25, 0.3) is 0 Å². The second kappa shape index (κ2) is 6.99. The highest BCUT2D eigenvalue weighted by Gasteiger charge is 2.10. The van der Waals surface area contributed by atoms with Gasteiger partial charge in [-0.3, -0.25) is 0 Å². The summed E-state index contributed by atoms with van der Waals surface area (Å²) in [6, 6.07) is 12.5. The SMILES string of the molecule is Cc1cccc(OCCNC(C)c2ccc(O)cc2O)c1. The molecule has 0 spiro atoms. The first-order valence-electron chi connectivity index (χ1n) is 7.01. The summed E-state index contributed by atoms with van der Waals surface area (Å²) in [6.45, 7) is 5.20. The van der Waals surface area contributed by atoms with Crippen molar-refractivity contribution in [3.8, 4) is 17.2 Å². The van der Waals surface area contributed by atoms with Gasteiger partial charge >= 0.3 is 0 Å². The van der Waals surface area contributed by atoms with Crippen LogP contribution in [0.4, 0.5) is 0 Å². The molecule has 4 nitrogen and oxygen atoms in total. The number of ether oxygens (including phenoxy) is 1. The first-order valence-corrected chi connectivity index (χ1v) is 7.01. The van der Waals surface area contributed by atoms with Gasteiger partial charge in [-0.2, -0.15) is 0 Å². The third kappa shape index (κ3) is 4.39. The number of hydrogen-bond acceptors (Lipinski definition) is 4. The first-order chi connectivity index (χ1) is 10.1. The first kappa shape index (κ1) is 15.2. The van der Waals surface area contributed by atoms with Crippen molar-refractivity contribution >= 4 is 0 Å². The minimum absolute atomic E-state index is 0.0216. The molecule has 1 atom stereocenters. The minimum atomic E-state index is -0.0216. The van der Waals surface area contributed by atoms with Gasteiger partial charge in [0.25, 0.3) is 0 Å². The number of benzene rings is 2. The molecule has 0 heterocycles. The van der Waals surface area contributed by atoms with Gasteiger partial charge in [0.2, 0.25) is 0 Å². The molecule has 3 N–H and O–H groups in total. The van der Waals surface area contributed by atoms with Crippen LogP contribution in [0.3, 0.4) is 0 Å². The molecule has 4 heteroatoms. The Labute approximate surface area is 125 Å². The van der Waals surface area contributed by atoms with Crippen LogP contribution >= 0.6 is 0 Å². The lowest BCUT2D eigenvalue weighted by Crippen LogP contribution is -2.24. The Morgan fingerprint density at radius 3 is 2.67 bits per heavy atom. The Hall–Kier alpha value is -2.20. The Bertz CT molecular complexity index is 598. The maximum Gasteiger partial charge on any atom is 0.124 e. The van der Waals surface area contributed by atoms with Crippen LogP contribution in [-0.2, 0) is 0 Å². The van der Waals surface area contributed by atoms with Gasteiger partial charge in [0.15, 0.2) is 0 Å². The van der Waals surface area contributed by atoms with Crippen molar-refractivity contribution in [2.24, 2.45) is 0 Å². The summed E-state index contributed by atoms with van der Waals surface area (Å²) in [5, 5.41) is 22.4. The minimum Gasteiger partial charge on any atom is -0.508 e. The van der Waals surface area contributed by atoms with Gasteiger partial charge in [0, 0.05) is 24.2 Å². The number of hydrogen-bond donors (Lipinski definition) is 3. The molecule has 2 rings (SSSR count). The van der Waals surface area contributed by atoms with Gasteiger partial charge < -0.3 is 20.3 Å². The number of phenolic OH excluding ortho intramolecular Hbond substituents is 2. The number of nitrogens with one attached hydrogen (secondary N) is 1. The Kier molecular flexibility index (Phi) is 5.06. The van der Waals surface area contributed by atoms with Crippen LogP contribution in [0.5, 0.6) is 17.2 Å². The maximum atomic E-state index is 9.80. The molecule has 0 aliphatic rings. The second-order valence-electron chi connectivity index (χ2n) is 5.08. The van der Waals surface area contributed by atoms with Crippen LogP contribution in [0.1, 0.15) is 24.1 Å². The van der Waals surface area contributed by atoms with Gasteiger partial charge in [-0.25, -0.2) is 0 Å². The zero-order chi connectivity index (χ0) is 15.2. The smallest absolute Gasteiger partial charge is 0.124 e. The molecular formula is C17H21NO3. The Morgan fingerprint density at radius 1 is 1.14 bits per heavy atom. The number of rotatable bonds is 6. The molecule has 0 radical (unpaired) electrons. The van der Waals surface area contributed by atoms with Crippen molar-refractivity contribution in [1.82, 2.24) is 5.32 Å². The van der Waals surface area contributed by atoms with E-state index >= 15 is 0 Å². The van der Waals surface area contributed by atoms with Gasteiger partial charge in [-0.15, -0.1) is 0 Å². The molecule has 0 amide bonds. The standard InChI is InChI=1S/C17H21NO3/c1-12-4-3-5-15(10-12)21-9-8-18-13(2)16-7-6-14(19)11-17(16)20/h3-7,10-11,13,18-20H,8-9H2,1-2H3. The van der Waals surface area contributed by atoms with Gasteiger partial charge in [-0.1, -0.05) is 18.2 Å². The van der Waals surface area contributed by atoms with E-state index in [1.165, 1.54) is 11.6 Å². The second-order valence-corrected chi connectivity index (χ2v) is 5.08. The van der Waals surface area contributed by atoms with E-state index in [-0.39, 0.29) is 17.5 Å². The maximum absolute atomic E-state index is 9.80. The highest BCUT2D eigenvalue weighted by Crippen LogP contribution is 2.27. The van der Waals surface area contributed by atoms with Gasteiger partial charge in [-0.05, 0) is 37.6 Å². The number of aromatic hydroxyl groups is 2. The molecular weight excluding hydrogens is 266 g/mol. The largest absolute Gasteiger partial charge is 0.508 e. The fraction of sp³-hybridized carbons (Fsp3) is 0.294. The van der Waals surface area contributed by atoms with Crippen LogP contribution < -0.4 is 10.1 Å². The molecule has 0 aliphatic heterocycles. The lowest BCUT2D eigenvalue weighted by molar-refractivity contribution is 0.306. The third-order valence-electron chi connectivity index (χ3n) is 3.29. The summed E-state index contributed by atoms with van der Waals surface area (Å²) < 4.78 is 5.66. The fourth-order valence-electron chi connectivity index (χ4n) is 2.16. The molecule has 0 fully saturated rings. The average molecular weight is 287 g/mol. The molecule has 0 saturated heterocycles. The third-order valence-corrected chi connectivity index (χ3v) is 3.29. The lowest BCUT2D eigenvalue weighted by atomic mass is 10.1. The summed E-state index contributed by atoms with van der Waals surface area (Å²) in [5.41, 5.74) is 1.92. The predicted molar refractivity (Wildman–Crippen MR) is 82.9 cm³/mol. The van der Waals surface area contributed by atoms with E-state index in [1.54, 1.807) is 12.1 Å². The summed E-state index contributed by atoms with van der Waals surface area (Å²) >= 11 is 0. The van der Waals surface area contributed by atoms with Crippen LogP contribution in [0, 0.1) is 6.92 Å². The number of phenols is 2. The van der Waals surface area contributed by atoms with Crippen LogP contribution in [-0.4, -0.2) is 23.4 Å². The van der Waals surface area contributed by atoms with E-state index in [9.17, 15) is 10.2 Å². The topological polar surface area (TPSA) is 61.7 Å². The van der Waals surface area contributed by atoms with E-state index in [0.717, 1.165) is 11.3 Å². The summed E-state index contributed by atoms with van der Waals surface area (Å²) in [6.07, 6.45) is 0. The quantitative estimate of drug-likeness (QED) is 0.714. The predicted octanol–water partition coefficient (Wildman–Crippen LogP) is 3.14. The van der Waals surface area contributed by atoms with Crippen LogP contribution in [0.2, 0.25) is 0 Å². The highest BCUT2D eigenvalue weighted by molar-refractivity contribution is 5.40. The van der Waals surface area contributed by atoms with Gasteiger partial charge in [0.05, 0.1) is 0 Å². The van der Waals surface area contributed by atoms with Crippen molar-refractivity contribution in [3.05, 3.63) is 53.6 Å².